The summed E-state index contributed by atoms with van der Waals surface area (Å²) in [5.74, 6) is 0.258. The second-order valence-electron chi connectivity index (χ2n) is 2.98. The fourth-order valence-electron chi connectivity index (χ4n) is 1.11. The van der Waals surface area contributed by atoms with Crippen molar-refractivity contribution in [3.63, 3.8) is 0 Å². The Morgan fingerprint density at radius 1 is 1.25 bits per heavy atom. The van der Waals surface area contributed by atoms with E-state index in [1.807, 2.05) is 13.8 Å². The van der Waals surface area contributed by atoms with Crippen molar-refractivity contribution >= 4 is 5.78 Å². The number of carbonyl (C=O) groups excluding carboxylic acids is 1. The first-order valence-electron chi connectivity index (χ1n) is 4.90. The smallest absolute Gasteiger partial charge is 0.161 e. The van der Waals surface area contributed by atoms with Gasteiger partial charge in [0.25, 0.3) is 0 Å². The van der Waals surface area contributed by atoms with E-state index in [4.69, 9.17) is 4.74 Å². The first-order valence-corrected chi connectivity index (χ1v) is 4.90. The van der Waals surface area contributed by atoms with Crippen LogP contribution in [0.3, 0.4) is 0 Å². The van der Waals surface area contributed by atoms with Gasteiger partial charge in [-0.3, -0.25) is 4.79 Å². The number of Topliss-reactive ketones (excluding diaryl/α,β-unsaturated/α-hetero) is 1. The maximum Gasteiger partial charge on any atom is 0.161 e. The summed E-state index contributed by atoms with van der Waals surface area (Å²) in [4.78, 5) is 11.4. The molecule has 0 aliphatic rings. The van der Waals surface area contributed by atoms with Gasteiger partial charge in [0.05, 0.1) is 0 Å². The number of hydrogen-bond acceptors (Lipinski definition) is 2. The Morgan fingerprint density at radius 3 is 2.33 bits per heavy atom. The highest BCUT2D eigenvalue weighted by Gasteiger charge is 2.14. The third-order valence-corrected chi connectivity index (χ3v) is 1.75. The molecule has 2 heteroatoms. The molecule has 1 atom stereocenters. The van der Waals surface area contributed by atoms with Gasteiger partial charge in [0.15, 0.2) is 5.78 Å². The SMILES string of the molecule is CCCOC(CC)C(=O)CCC. The van der Waals surface area contributed by atoms with E-state index in [0.717, 1.165) is 19.3 Å². The minimum Gasteiger partial charge on any atom is -0.370 e. The highest BCUT2D eigenvalue weighted by atomic mass is 16.5. The van der Waals surface area contributed by atoms with Crippen LogP contribution >= 0.6 is 0 Å². The minimum atomic E-state index is -0.148. The molecular formula is C10H20O2. The molecule has 0 aromatic heterocycles. The topological polar surface area (TPSA) is 26.3 Å². The molecule has 0 rings (SSSR count). The molecule has 0 aromatic carbocycles. The molecule has 0 bridgehead atoms. The molecule has 0 amide bonds. The molecule has 0 aliphatic heterocycles. The second-order valence-corrected chi connectivity index (χ2v) is 2.98. The third kappa shape index (κ3) is 4.50. The van der Waals surface area contributed by atoms with Crippen molar-refractivity contribution in [2.75, 3.05) is 6.61 Å². The Kier molecular flexibility index (Phi) is 7.06. The van der Waals surface area contributed by atoms with Crippen molar-refractivity contribution in [2.45, 2.75) is 52.6 Å². The van der Waals surface area contributed by atoms with E-state index in [1.165, 1.54) is 0 Å². The van der Waals surface area contributed by atoms with Gasteiger partial charge in [-0.1, -0.05) is 20.8 Å². The van der Waals surface area contributed by atoms with Crippen LogP contribution in [0, 0.1) is 0 Å². The van der Waals surface area contributed by atoms with Gasteiger partial charge in [-0.2, -0.15) is 0 Å². The zero-order valence-corrected chi connectivity index (χ0v) is 8.43. The Morgan fingerprint density at radius 2 is 1.92 bits per heavy atom. The van der Waals surface area contributed by atoms with E-state index < -0.39 is 0 Å². The van der Waals surface area contributed by atoms with Crippen molar-refractivity contribution in [3.8, 4) is 0 Å². The number of carbonyl (C=O) groups is 1. The van der Waals surface area contributed by atoms with E-state index in [-0.39, 0.29) is 11.9 Å². The van der Waals surface area contributed by atoms with Gasteiger partial charge in [-0.05, 0) is 19.3 Å². The molecule has 0 aliphatic carbocycles. The lowest BCUT2D eigenvalue weighted by molar-refractivity contribution is -0.130. The van der Waals surface area contributed by atoms with Crippen molar-refractivity contribution in [3.05, 3.63) is 0 Å². The van der Waals surface area contributed by atoms with Gasteiger partial charge in [0.1, 0.15) is 6.10 Å². The maximum absolute atomic E-state index is 11.4. The summed E-state index contributed by atoms with van der Waals surface area (Å²) in [7, 11) is 0. The Hall–Kier alpha value is -0.370. The largest absolute Gasteiger partial charge is 0.370 e. The Balaban J connectivity index is 3.71. The standard InChI is InChI=1S/C10H20O2/c1-4-7-9(11)10(6-3)12-8-5-2/h10H,4-8H2,1-3H3. The maximum atomic E-state index is 11.4. The summed E-state index contributed by atoms with van der Waals surface area (Å²) in [6.07, 6.45) is 3.21. The summed E-state index contributed by atoms with van der Waals surface area (Å²) in [6, 6.07) is 0. The van der Waals surface area contributed by atoms with Crippen molar-refractivity contribution < 1.29 is 9.53 Å². The molecule has 0 saturated heterocycles. The van der Waals surface area contributed by atoms with Gasteiger partial charge < -0.3 is 4.74 Å². The molecule has 0 fully saturated rings. The van der Waals surface area contributed by atoms with Gasteiger partial charge >= 0.3 is 0 Å². The van der Waals surface area contributed by atoms with Crippen LogP contribution in [0.1, 0.15) is 46.5 Å². The van der Waals surface area contributed by atoms with Crippen LogP contribution in [0.5, 0.6) is 0 Å². The first-order chi connectivity index (χ1) is 5.76. The fourth-order valence-corrected chi connectivity index (χ4v) is 1.11. The summed E-state index contributed by atoms with van der Waals surface area (Å²) in [5, 5.41) is 0. The highest BCUT2D eigenvalue weighted by Crippen LogP contribution is 2.04. The van der Waals surface area contributed by atoms with Crippen LogP contribution < -0.4 is 0 Å². The molecule has 0 aromatic rings. The average molecular weight is 172 g/mol. The molecule has 12 heavy (non-hydrogen) atoms. The van der Waals surface area contributed by atoms with Crippen LogP contribution in [0.4, 0.5) is 0 Å². The molecule has 2 nitrogen and oxygen atoms in total. The predicted molar refractivity (Wildman–Crippen MR) is 50.2 cm³/mol. The van der Waals surface area contributed by atoms with E-state index in [0.29, 0.717) is 13.0 Å². The molecule has 0 spiro atoms. The molecular weight excluding hydrogens is 152 g/mol. The van der Waals surface area contributed by atoms with Crippen LogP contribution in [0.15, 0.2) is 0 Å². The van der Waals surface area contributed by atoms with Crippen LogP contribution in [-0.4, -0.2) is 18.5 Å². The summed E-state index contributed by atoms with van der Waals surface area (Å²) in [6.45, 7) is 6.77. The Bertz CT molecular complexity index is 121. The van der Waals surface area contributed by atoms with Crippen molar-refractivity contribution in [1.82, 2.24) is 0 Å². The van der Waals surface area contributed by atoms with Gasteiger partial charge in [0, 0.05) is 13.0 Å². The zero-order chi connectivity index (χ0) is 9.40. The third-order valence-electron chi connectivity index (χ3n) is 1.75. The molecule has 0 N–H and O–H groups in total. The molecule has 0 radical (unpaired) electrons. The van der Waals surface area contributed by atoms with E-state index >= 15 is 0 Å². The summed E-state index contributed by atoms with van der Waals surface area (Å²) in [5.41, 5.74) is 0. The van der Waals surface area contributed by atoms with Crippen molar-refractivity contribution in [1.29, 1.82) is 0 Å². The molecule has 0 saturated carbocycles. The lowest BCUT2D eigenvalue weighted by atomic mass is 10.1. The lowest BCUT2D eigenvalue weighted by Gasteiger charge is -2.13. The van der Waals surface area contributed by atoms with Gasteiger partial charge in [-0.25, -0.2) is 0 Å². The quantitative estimate of drug-likeness (QED) is 0.590. The molecule has 0 heterocycles. The number of hydrogen-bond donors (Lipinski definition) is 0. The first kappa shape index (κ1) is 11.6. The Labute approximate surface area is 75.3 Å². The van der Waals surface area contributed by atoms with Crippen LogP contribution in [0.25, 0.3) is 0 Å². The molecule has 1 unspecified atom stereocenters. The van der Waals surface area contributed by atoms with Crippen LogP contribution in [0.2, 0.25) is 0 Å². The van der Waals surface area contributed by atoms with Crippen molar-refractivity contribution in [2.24, 2.45) is 0 Å². The number of ketones is 1. The van der Waals surface area contributed by atoms with E-state index in [1.54, 1.807) is 0 Å². The zero-order valence-electron chi connectivity index (χ0n) is 8.43. The fraction of sp³-hybridized carbons (Fsp3) is 0.900. The van der Waals surface area contributed by atoms with Gasteiger partial charge in [-0.15, -0.1) is 0 Å². The summed E-state index contributed by atoms with van der Waals surface area (Å²) >= 11 is 0. The van der Waals surface area contributed by atoms with E-state index in [2.05, 4.69) is 6.92 Å². The highest BCUT2D eigenvalue weighted by molar-refractivity contribution is 5.82. The second kappa shape index (κ2) is 7.29. The number of ether oxygens (including phenoxy) is 1. The summed E-state index contributed by atoms with van der Waals surface area (Å²) < 4.78 is 5.41. The van der Waals surface area contributed by atoms with E-state index in [9.17, 15) is 4.79 Å². The average Bonchev–Trinajstić information content (AvgIpc) is 2.06. The normalized spacial score (nSPS) is 12.9. The number of rotatable bonds is 7. The minimum absolute atomic E-state index is 0.148. The predicted octanol–water partition coefficient (Wildman–Crippen LogP) is 2.56. The van der Waals surface area contributed by atoms with Crippen LogP contribution in [-0.2, 0) is 9.53 Å². The molecule has 72 valence electrons. The van der Waals surface area contributed by atoms with Gasteiger partial charge in [0.2, 0.25) is 0 Å². The lowest BCUT2D eigenvalue weighted by Crippen LogP contribution is -2.23. The monoisotopic (exact) mass is 172 g/mol.